The zero-order chi connectivity index (χ0) is 13.6. The number of halogens is 1. The van der Waals surface area contributed by atoms with E-state index in [2.05, 4.69) is 15.6 Å². The molecule has 1 heterocycles. The van der Waals surface area contributed by atoms with Crippen LogP contribution in [0.3, 0.4) is 0 Å². The summed E-state index contributed by atoms with van der Waals surface area (Å²) in [7, 11) is 1.62. The maximum atomic E-state index is 12.1. The first kappa shape index (κ1) is 18.6. The van der Waals surface area contributed by atoms with Crippen molar-refractivity contribution in [2.75, 3.05) is 34.2 Å². The fourth-order valence-corrected chi connectivity index (χ4v) is 3.67. The predicted molar refractivity (Wildman–Crippen MR) is 90.0 cm³/mol. The molecule has 0 aromatic carbocycles. The Morgan fingerprint density at radius 3 is 2.68 bits per heavy atom. The summed E-state index contributed by atoms with van der Waals surface area (Å²) < 4.78 is 25.8. The van der Waals surface area contributed by atoms with Gasteiger partial charge in [0.2, 0.25) is 0 Å². The number of thiophene rings is 1. The van der Waals surface area contributed by atoms with Gasteiger partial charge < -0.3 is 10.6 Å². The Labute approximate surface area is 135 Å². The van der Waals surface area contributed by atoms with Crippen LogP contribution in [-0.2, 0) is 10.0 Å². The molecule has 9 heteroatoms. The lowest BCUT2D eigenvalue weighted by Gasteiger charge is -2.17. The van der Waals surface area contributed by atoms with Gasteiger partial charge in [-0.3, -0.25) is 4.99 Å². The van der Waals surface area contributed by atoms with Gasteiger partial charge in [0.1, 0.15) is 4.21 Å². The molecule has 0 atom stereocenters. The lowest BCUT2D eigenvalue weighted by Crippen LogP contribution is -2.40. The molecule has 0 unspecified atom stereocenters. The van der Waals surface area contributed by atoms with Gasteiger partial charge in [-0.1, -0.05) is 6.07 Å². The summed E-state index contributed by atoms with van der Waals surface area (Å²) in [6.45, 7) is 0.871. The number of hydrogen-bond donors (Lipinski definition) is 2. The third-order valence-corrected chi connectivity index (χ3v) is 5.57. The second-order valence-electron chi connectivity index (χ2n) is 3.51. The van der Waals surface area contributed by atoms with Crippen molar-refractivity contribution in [3.63, 3.8) is 0 Å². The molecule has 1 aromatic heterocycles. The molecule has 1 aromatic rings. The molecule has 6 nitrogen and oxygen atoms in total. The first-order chi connectivity index (χ1) is 8.52. The van der Waals surface area contributed by atoms with Gasteiger partial charge in [0.15, 0.2) is 5.96 Å². The number of sulfonamides is 1. The van der Waals surface area contributed by atoms with Crippen molar-refractivity contribution in [2.24, 2.45) is 4.99 Å². The van der Waals surface area contributed by atoms with Gasteiger partial charge in [0.05, 0.1) is 0 Å². The van der Waals surface area contributed by atoms with Crippen LogP contribution in [0.1, 0.15) is 0 Å². The van der Waals surface area contributed by atoms with E-state index in [0.717, 1.165) is 0 Å². The minimum absolute atomic E-state index is 0. The maximum Gasteiger partial charge on any atom is 0.252 e. The molecular weight excluding hydrogens is 399 g/mol. The summed E-state index contributed by atoms with van der Waals surface area (Å²) in [6, 6.07) is 3.34. The average Bonchev–Trinajstić information content (AvgIpc) is 2.88. The molecule has 0 amide bonds. The van der Waals surface area contributed by atoms with E-state index in [1.165, 1.54) is 15.6 Å². The van der Waals surface area contributed by atoms with Crippen molar-refractivity contribution in [3.05, 3.63) is 17.5 Å². The first-order valence-corrected chi connectivity index (χ1v) is 7.72. The monoisotopic (exact) mass is 418 g/mol. The largest absolute Gasteiger partial charge is 0.359 e. The van der Waals surface area contributed by atoms with E-state index in [-0.39, 0.29) is 24.0 Å². The highest BCUT2D eigenvalue weighted by molar-refractivity contribution is 14.0. The molecule has 0 saturated heterocycles. The van der Waals surface area contributed by atoms with Gasteiger partial charge in [-0.05, 0) is 11.4 Å². The Kier molecular flexibility index (Phi) is 8.54. The highest BCUT2D eigenvalue weighted by atomic mass is 127. The van der Waals surface area contributed by atoms with E-state index in [1.807, 2.05) is 0 Å². The predicted octanol–water partition coefficient (Wildman–Crippen LogP) is 0.781. The summed E-state index contributed by atoms with van der Waals surface area (Å²) >= 11 is 1.22. The van der Waals surface area contributed by atoms with Gasteiger partial charge in [0, 0.05) is 34.2 Å². The second-order valence-corrected chi connectivity index (χ2v) is 6.73. The van der Waals surface area contributed by atoms with Crippen LogP contribution in [0.5, 0.6) is 0 Å². The number of aliphatic imine (C=N–C) groups is 1. The van der Waals surface area contributed by atoms with Crippen LogP contribution in [0.2, 0.25) is 0 Å². The minimum Gasteiger partial charge on any atom is -0.359 e. The quantitative estimate of drug-likeness (QED) is 0.421. The second kappa shape index (κ2) is 8.72. The number of hydrogen-bond acceptors (Lipinski definition) is 4. The van der Waals surface area contributed by atoms with Gasteiger partial charge in [-0.15, -0.1) is 35.3 Å². The first-order valence-electron chi connectivity index (χ1n) is 5.40. The molecular formula is C10H19IN4O2S2. The molecule has 0 aliphatic rings. The van der Waals surface area contributed by atoms with Crippen molar-refractivity contribution < 1.29 is 8.42 Å². The molecule has 2 N–H and O–H groups in total. The normalized spacial score (nSPS) is 12.1. The molecule has 0 aliphatic heterocycles. The highest BCUT2D eigenvalue weighted by Crippen LogP contribution is 2.19. The fourth-order valence-electron chi connectivity index (χ4n) is 1.30. The molecule has 0 radical (unpaired) electrons. The molecule has 19 heavy (non-hydrogen) atoms. The van der Waals surface area contributed by atoms with E-state index in [9.17, 15) is 8.42 Å². The lowest BCUT2D eigenvalue weighted by molar-refractivity contribution is 0.472. The number of nitrogens with zero attached hydrogens (tertiary/aromatic N) is 2. The fraction of sp³-hybridized carbons (Fsp3) is 0.500. The van der Waals surface area contributed by atoms with E-state index >= 15 is 0 Å². The van der Waals surface area contributed by atoms with Crippen LogP contribution in [0, 0.1) is 0 Å². The zero-order valence-electron chi connectivity index (χ0n) is 11.1. The summed E-state index contributed by atoms with van der Waals surface area (Å²) in [4.78, 5) is 3.94. The van der Waals surface area contributed by atoms with E-state index in [1.54, 1.807) is 38.7 Å². The van der Waals surface area contributed by atoms with Crippen molar-refractivity contribution in [3.8, 4) is 0 Å². The van der Waals surface area contributed by atoms with Gasteiger partial charge in [-0.2, -0.15) is 4.31 Å². The average molecular weight is 418 g/mol. The zero-order valence-corrected chi connectivity index (χ0v) is 15.0. The third kappa shape index (κ3) is 5.24. The Morgan fingerprint density at radius 2 is 2.21 bits per heavy atom. The van der Waals surface area contributed by atoms with Crippen molar-refractivity contribution in [2.45, 2.75) is 4.21 Å². The standard InChI is InChI=1S/C10H18N4O2S2.HI/c1-11-10(12-2)13-6-7-14(3)18(15,16)9-5-4-8-17-9;/h4-5,8H,6-7H2,1-3H3,(H2,11,12,13);1H. The van der Waals surface area contributed by atoms with Crippen LogP contribution in [0.4, 0.5) is 0 Å². The Hall–Kier alpha value is -0.390. The van der Waals surface area contributed by atoms with E-state index < -0.39 is 10.0 Å². The van der Waals surface area contributed by atoms with Crippen LogP contribution in [0.15, 0.2) is 26.7 Å². The summed E-state index contributed by atoms with van der Waals surface area (Å²) in [5, 5.41) is 7.62. The van der Waals surface area contributed by atoms with Crippen LogP contribution in [0.25, 0.3) is 0 Å². The summed E-state index contributed by atoms with van der Waals surface area (Å²) in [5.74, 6) is 0.636. The SMILES string of the molecule is CN=C(NC)NCCN(C)S(=O)(=O)c1cccs1.I. The van der Waals surface area contributed by atoms with E-state index in [4.69, 9.17) is 0 Å². The molecule has 0 aliphatic carbocycles. The highest BCUT2D eigenvalue weighted by Gasteiger charge is 2.20. The van der Waals surface area contributed by atoms with E-state index in [0.29, 0.717) is 23.3 Å². The van der Waals surface area contributed by atoms with Crippen LogP contribution in [-0.4, -0.2) is 52.9 Å². The molecule has 0 bridgehead atoms. The number of rotatable bonds is 5. The number of guanidine groups is 1. The molecule has 1 rings (SSSR count). The topological polar surface area (TPSA) is 73.8 Å². The molecule has 110 valence electrons. The van der Waals surface area contributed by atoms with Crippen LogP contribution < -0.4 is 10.6 Å². The lowest BCUT2D eigenvalue weighted by atomic mass is 10.6. The van der Waals surface area contributed by atoms with Crippen molar-refractivity contribution in [1.82, 2.24) is 14.9 Å². The summed E-state index contributed by atoms with van der Waals surface area (Å²) in [6.07, 6.45) is 0. The van der Waals surface area contributed by atoms with Crippen molar-refractivity contribution in [1.29, 1.82) is 0 Å². The number of likely N-dealkylation sites (N-methyl/N-ethyl adjacent to an activating group) is 1. The molecule has 0 saturated carbocycles. The van der Waals surface area contributed by atoms with Gasteiger partial charge in [-0.25, -0.2) is 8.42 Å². The van der Waals surface area contributed by atoms with Gasteiger partial charge in [0.25, 0.3) is 10.0 Å². The smallest absolute Gasteiger partial charge is 0.252 e. The minimum atomic E-state index is -3.36. The number of nitrogens with one attached hydrogen (secondary N) is 2. The molecule has 0 spiro atoms. The summed E-state index contributed by atoms with van der Waals surface area (Å²) in [5.41, 5.74) is 0. The van der Waals surface area contributed by atoms with Crippen molar-refractivity contribution >= 4 is 51.3 Å². The third-order valence-electron chi connectivity index (χ3n) is 2.34. The Morgan fingerprint density at radius 1 is 1.53 bits per heavy atom. The Bertz CT molecular complexity index is 488. The molecule has 0 fully saturated rings. The Balaban J connectivity index is 0.00000324. The maximum absolute atomic E-state index is 12.1. The van der Waals surface area contributed by atoms with Crippen LogP contribution >= 0.6 is 35.3 Å². The van der Waals surface area contributed by atoms with Gasteiger partial charge >= 0.3 is 0 Å².